The SMILES string of the molecule is c1ccc2c(c1)oc1ccc3c4ccccc4n(-c4ccc(-c5ccc6c(c5)Oc5cccc7c8ccccc8n-6c57)cc4)c3c12. The van der Waals surface area contributed by atoms with Gasteiger partial charge in [0.05, 0.1) is 33.1 Å². The Balaban J connectivity index is 1.08. The molecular weight excluding hydrogens is 564 g/mol. The highest BCUT2D eigenvalue weighted by Gasteiger charge is 2.24. The summed E-state index contributed by atoms with van der Waals surface area (Å²) in [5.74, 6) is 1.75. The highest BCUT2D eigenvalue weighted by molar-refractivity contribution is 6.24. The minimum absolute atomic E-state index is 0.861. The Bertz CT molecular complexity index is 2880. The topological polar surface area (TPSA) is 32.2 Å². The molecule has 11 rings (SSSR count). The first-order chi connectivity index (χ1) is 22.8. The number of fused-ring (bicyclic) bond motifs is 12. The molecule has 0 amide bonds. The standard InChI is InChI=1S/C42H24N2O2/c1-4-12-33-29(9-1)31-21-23-37-40(32-10-3-6-14-36(32)45-37)42(31)43(33)27-19-16-25(17-20-27)26-18-22-35-39(24-26)46-38-15-7-11-30-28-8-2-5-13-34(28)44(35)41(30)38/h1-24H. The fourth-order valence-electron chi connectivity index (χ4n) is 7.73. The fraction of sp³-hybridized carbons (Fsp3) is 0. The molecule has 10 aromatic rings. The number of para-hydroxylation sites is 4. The van der Waals surface area contributed by atoms with Crippen LogP contribution in [0.3, 0.4) is 0 Å². The summed E-state index contributed by atoms with van der Waals surface area (Å²) in [5, 5.41) is 7.18. The van der Waals surface area contributed by atoms with E-state index in [1.165, 1.54) is 38.1 Å². The van der Waals surface area contributed by atoms with Gasteiger partial charge in [-0.25, -0.2) is 0 Å². The van der Waals surface area contributed by atoms with Gasteiger partial charge in [0.25, 0.3) is 0 Å². The molecule has 0 unspecified atom stereocenters. The predicted octanol–water partition coefficient (Wildman–Crippen LogP) is 11.6. The maximum absolute atomic E-state index is 6.55. The Hall–Kier alpha value is -6.26. The molecule has 4 nitrogen and oxygen atoms in total. The molecule has 0 saturated heterocycles. The average Bonchev–Trinajstić information content (AvgIpc) is 3.77. The Morgan fingerprint density at radius 3 is 1.91 bits per heavy atom. The molecule has 7 aromatic carbocycles. The maximum Gasteiger partial charge on any atom is 0.152 e. The molecule has 0 bridgehead atoms. The molecule has 214 valence electrons. The number of nitrogens with zero attached hydrogens (tertiary/aromatic N) is 2. The second-order valence-corrected chi connectivity index (χ2v) is 12.1. The van der Waals surface area contributed by atoms with Gasteiger partial charge < -0.3 is 18.3 Å². The molecule has 0 saturated carbocycles. The molecule has 0 fully saturated rings. The summed E-state index contributed by atoms with van der Waals surface area (Å²) in [6.45, 7) is 0. The van der Waals surface area contributed by atoms with Gasteiger partial charge in [-0.2, -0.15) is 0 Å². The molecule has 0 radical (unpaired) electrons. The van der Waals surface area contributed by atoms with Crippen molar-refractivity contribution >= 4 is 65.6 Å². The van der Waals surface area contributed by atoms with Crippen molar-refractivity contribution in [1.82, 2.24) is 9.13 Å². The summed E-state index contributed by atoms with van der Waals surface area (Å²) in [6.07, 6.45) is 0. The zero-order valence-electron chi connectivity index (χ0n) is 24.6. The quantitative estimate of drug-likeness (QED) is 0.201. The van der Waals surface area contributed by atoms with Gasteiger partial charge in [-0.05, 0) is 71.8 Å². The first-order valence-corrected chi connectivity index (χ1v) is 15.6. The summed E-state index contributed by atoms with van der Waals surface area (Å²) in [6, 6.07) is 51.6. The van der Waals surface area contributed by atoms with Gasteiger partial charge in [-0.3, -0.25) is 0 Å². The molecule has 3 aromatic heterocycles. The molecule has 4 heteroatoms. The molecular formula is C42H24N2O2. The molecule has 0 spiro atoms. The minimum atomic E-state index is 0.861. The van der Waals surface area contributed by atoms with Gasteiger partial charge in [0.2, 0.25) is 0 Å². The van der Waals surface area contributed by atoms with Gasteiger partial charge in [-0.15, -0.1) is 0 Å². The van der Waals surface area contributed by atoms with Gasteiger partial charge in [-0.1, -0.05) is 84.9 Å². The number of furan rings is 1. The largest absolute Gasteiger partial charge is 0.456 e. The number of aromatic nitrogens is 2. The lowest BCUT2D eigenvalue weighted by Gasteiger charge is -2.21. The van der Waals surface area contributed by atoms with Crippen LogP contribution in [0.4, 0.5) is 0 Å². The summed E-state index contributed by atoms with van der Waals surface area (Å²) < 4.78 is 17.6. The molecule has 0 atom stereocenters. The number of benzene rings is 7. The van der Waals surface area contributed by atoms with Crippen LogP contribution in [0.25, 0.3) is 88.1 Å². The lowest BCUT2D eigenvalue weighted by Crippen LogP contribution is -2.04. The van der Waals surface area contributed by atoms with Gasteiger partial charge in [0, 0.05) is 32.6 Å². The van der Waals surface area contributed by atoms with Crippen LogP contribution in [-0.2, 0) is 0 Å². The lowest BCUT2D eigenvalue weighted by molar-refractivity contribution is 0.476. The van der Waals surface area contributed by atoms with E-state index >= 15 is 0 Å². The lowest BCUT2D eigenvalue weighted by atomic mass is 10.0. The summed E-state index contributed by atoms with van der Waals surface area (Å²) in [7, 11) is 0. The maximum atomic E-state index is 6.55. The van der Waals surface area contributed by atoms with Crippen LogP contribution in [0.2, 0.25) is 0 Å². The van der Waals surface area contributed by atoms with E-state index in [4.69, 9.17) is 9.15 Å². The van der Waals surface area contributed by atoms with E-state index in [9.17, 15) is 0 Å². The highest BCUT2D eigenvalue weighted by atomic mass is 16.5. The number of hydrogen-bond donors (Lipinski definition) is 0. The molecule has 46 heavy (non-hydrogen) atoms. The second-order valence-electron chi connectivity index (χ2n) is 12.1. The fourth-order valence-corrected chi connectivity index (χ4v) is 7.73. The van der Waals surface area contributed by atoms with Crippen LogP contribution in [0, 0.1) is 0 Å². The Labute approximate surface area is 262 Å². The molecule has 1 aliphatic rings. The van der Waals surface area contributed by atoms with E-state index < -0.39 is 0 Å². The van der Waals surface area contributed by atoms with E-state index in [1.54, 1.807) is 0 Å². The van der Waals surface area contributed by atoms with E-state index in [0.29, 0.717) is 0 Å². The van der Waals surface area contributed by atoms with Crippen molar-refractivity contribution in [2.75, 3.05) is 0 Å². The number of rotatable bonds is 2. The minimum Gasteiger partial charge on any atom is -0.456 e. The summed E-state index contributed by atoms with van der Waals surface area (Å²) in [5.41, 5.74) is 10.9. The zero-order valence-corrected chi connectivity index (χ0v) is 24.6. The third-order valence-corrected chi connectivity index (χ3v) is 9.71. The Morgan fingerprint density at radius 1 is 0.413 bits per heavy atom. The summed E-state index contributed by atoms with van der Waals surface area (Å²) in [4.78, 5) is 0. The van der Waals surface area contributed by atoms with E-state index in [-0.39, 0.29) is 0 Å². The average molecular weight is 589 g/mol. The zero-order chi connectivity index (χ0) is 29.9. The van der Waals surface area contributed by atoms with Crippen LogP contribution in [0.15, 0.2) is 150 Å². The van der Waals surface area contributed by atoms with Crippen molar-refractivity contribution in [3.63, 3.8) is 0 Å². The van der Waals surface area contributed by atoms with Crippen LogP contribution in [0.5, 0.6) is 11.5 Å². The Kier molecular flexibility index (Phi) is 4.55. The summed E-state index contributed by atoms with van der Waals surface area (Å²) >= 11 is 0. The third-order valence-electron chi connectivity index (χ3n) is 9.71. The second kappa shape index (κ2) is 8.68. The normalized spacial score (nSPS) is 12.5. The van der Waals surface area contributed by atoms with Crippen LogP contribution < -0.4 is 4.74 Å². The molecule has 0 N–H and O–H groups in total. The third kappa shape index (κ3) is 3.07. The van der Waals surface area contributed by atoms with Crippen molar-refractivity contribution in [3.8, 4) is 34.0 Å². The van der Waals surface area contributed by atoms with E-state index in [1.807, 2.05) is 12.1 Å². The Morgan fingerprint density at radius 2 is 1.09 bits per heavy atom. The van der Waals surface area contributed by atoms with E-state index in [2.05, 4.69) is 143 Å². The molecule has 0 aliphatic carbocycles. The van der Waals surface area contributed by atoms with Gasteiger partial charge >= 0.3 is 0 Å². The molecule has 1 aliphatic heterocycles. The van der Waals surface area contributed by atoms with Crippen LogP contribution in [-0.4, -0.2) is 9.13 Å². The monoisotopic (exact) mass is 588 g/mol. The number of ether oxygens (including phenoxy) is 1. The highest BCUT2D eigenvalue weighted by Crippen LogP contribution is 2.46. The van der Waals surface area contributed by atoms with Crippen molar-refractivity contribution in [3.05, 3.63) is 146 Å². The predicted molar refractivity (Wildman–Crippen MR) is 188 cm³/mol. The van der Waals surface area contributed by atoms with Crippen molar-refractivity contribution in [1.29, 1.82) is 0 Å². The van der Waals surface area contributed by atoms with Crippen molar-refractivity contribution < 1.29 is 9.15 Å². The van der Waals surface area contributed by atoms with Crippen molar-refractivity contribution in [2.45, 2.75) is 0 Å². The smallest absolute Gasteiger partial charge is 0.152 e. The number of hydrogen-bond acceptors (Lipinski definition) is 2. The van der Waals surface area contributed by atoms with Crippen LogP contribution >= 0.6 is 0 Å². The molecule has 4 heterocycles. The first kappa shape index (κ1) is 24.1. The van der Waals surface area contributed by atoms with Gasteiger partial charge in [0.15, 0.2) is 11.5 Å². The van der Waals surface area contributed by atoms with Crippen LogP contribution in [0.1, 0.15) is 0 Å². The van der Waals surface area contributed by atoms with E-state index in [0.717, 1.165) is 61.5 Å². The van der Waals surface area contributed by atoms with Gasteiger partial charge in [0.1, 0.15) is 11.2 Å². The van der Waals surface area contributed by atoms with Crippen molar-refractivity contribution in [2.24, 2.45) is 0 Å². The first-order valence-electron chi connectivity index (χ1n) is 15.6.